The maximum Gasteiger partial charge on any atom is 0.246 e. The highest BCUT2D eigenvalue weighted by Crippen LogP contribution is 2.66. The zero-order chi connectivity index (χ0) is 35.8. The zero-order valence-electron chi connectivity index (χ0n) is 27.3. The molecule has 8 rings (SSSR count). The van der Waals surface area contributed by atoms with E-state index in [1.54, 1.807) is 30.3 Å². The van der Waals surface area contributed by atoms with Crippen molar-refractivity contribution in [2.45, 2.75) is 30.7 Å². The van der Waals surface area contributed by atoms with Gasteiger partial charge in [0.25, 0.3) is 0 Å². The Morgan fingerprint density at radius 1 is 0.863 bits per heavy atom. The van der Waals surface area contributed by atoms with E-state index < -0.39 is 46.8 Å². The van der Waals surface area contributed by atoms with Gasteiger partial charge in [-0.15, -0.1) is 0 Å². The zero-order valence-corrected chi connectivity index (χ0v) is 31.2. The molecule has 4 aromatic rings. The first-order chi connectivity index (χ1) is 24.6. The summed E-state index contributed by atoms with van der Waals surface area (Å²) >= 11 is 13.7. The third-order valence-electron chi connectivity index (χ3n) is 11.1. The van der Waals surface area contributed by atoms with Crippen LogP contribution in [0.15, 0.2) is 112 Å². The van der Waals surface area contributed by atoms with Crippen molar-refractivity contribution in [1.29, 1.82) is 0 Å². The van der Waals surface area contributed by atoms with Gasteiger partial charge in [0.1, 0.15) is 0 Å². The summed E-state index contributed by atoms with van der Waals surface area (Å²) < 4.78 is 6.41. The number of aromatic hydroxyl groups is 1. The number of hydrogen-bond acceptors (Lipinski definition) is 6. The van der Waals surface area contributed by atoms with Crippen molar-refractivity contribution in [3.63, 3.8) is 0 Å². The number of ether oxygens (including phenoxy) is 1. The van der Waals surface area contributed by atoms with Crippen molar-refractivity contribution in [2.24, 2.45) is 23.7 Å². The van der Waals surface area contributed by atoms with Gasteiger partial charge in [0.05, 0.1) is 47.0 Å². The molecule has 2 aliphatic heterocycles. The van der Waals surface area contributed by atoms with E-state index in [0.29, 0.717) is 37.2 Å². The average molecular weight is 831 g/mol. The van der Waals surface area contributed by atoms with Crippen LogP contribution in [-0.2, 0) is 31.1 Å². The van der Waals surface area contributed by atoms with E-state index in [2.05, 4.69) is 31.9 Å². The molecule has 0 aromatic heterocycles. The van der Waals surface area contributed by atoms with Gasteiger partial charge >= 0.3 is 0 Å². The highest BCUT2D eigenvalue weighted by molar-refractivity contribution is 9.13. The summed E-state index contributed by atoms with van der Waals surface area (Å²) in [6, 6.07) is 27.0. The quantitative estimate of drug-likeness (QED) is 0.156. The van der Waals surface area contributed by atoms with Crippen LogP contribution < -0.4 is 9.64 Å². The third kappa shape index (κ3) is 4.97. The molecule has 51 heavy (non-hydrogen) atoms. The van der Waals surface area contributed by atoms with Crippen LogP contribution in [0.4, 0.5) is 5.69 Å². The number of likely N-dealkylation sites (tertiary alicyclic amines) is 1. The number of anilines is 1. The van der Waals surface area contributed by atoms with Crippen molar-refractivity contribution in [3.05, 3.63) is 133 Å². The number of nitrogens with zero attached hydrogens (tertiary/aromatic N) is 2. The van der Waals surface area contributed by atoms with E-state index in [1.165, 1.54) is 16.9 Å². The minimum absolute atomic E-state index is 0.133. The highest BCUT2D eigenvalue weighted by atomic mass is 79.9. The second kappa shape index (κ2) is 12.8. The number of amides is 4. The van der Waals surface area contributed by atoms with Crippen molar-refractivity contribution in [1.82, 2.24) is 4.90 Å². The molecule has 2 heterocycles. The predicted octanol–water partition coefficient (Wildman–Crippen LogP) is 7.94. The summed E-state index contributed by atoms with van der Waals surface area (Å²) in [5.74, 6) is -4.88. The van der Waals surface area contributed by atoms with Crippen molar-refractivity contribution < 1.29 is 29.0 Å². The SMILES string of the molecule is COc1cc(C2C3=CCC4C(=O)N(Cc5ccccc5)C(=O)C4C3CC3C(=O)N(c4cccc(Cl)c4)C(=O)C32c2ccccc2)c(Br)c(Br)c1O. The van der Waals surface area contributed by atoms with Crippen LogP contribution in [0.5, 0.6) is 11.5 Å². The maximum atomic E-state index is 15.5. The Balaban J connectivity index is 1.37. The van der Waals surface area contributed by atoms with Gasteiger partial charge < -0.3 is 9.84 Å². The molecule has 11 heteroatoms. The average Bonchev–Trinajstić information content (AvgIpc) is 3.52. The standard InChI is InChI=1S/C40H31Br2ClN2O6/c1-51-30-19-28(33(41)34(42)35(30)46)32-25-15-16-26-31(38(49)44(36(26)47)20-21-9-4-2-5-10-21)27(25)18-29-37(48)45(24-14-8-13-23(43)17-24)39(50)40(29,32)22-11-6-3-7-12-22/h2-15,17,19,26-27,29,31-32,46H,16,18,20H2,1H3. The molecule has 8 nitrogen and oxygen atoms in total. The fourth-order valence-electron chi connectivity index (χ4n) is 9.05. The Morgan fingerprint density at radius 2 is 1.57 bits per heavy atom. The first-order valence-electron chi connectivity index (χ1n) is 16.6. The number of methoxy groups -OCH3 is 1. The van der Waals surface area contributed by atoms with Crippen LogP contribution in [0, 0.1) is 23.7 Å². The number of halogens is 3. The number of carbonyl (C=O) groups is 4. The number of fused-ring (bicyclic) bond motifs is 4. The molecular formula is C40H31Br2ClN2O6. The lowest BCUT2D eigenvalue weighted by atomic mass is 9.49. The monoisotopic (exact) mass is 828 g/mol. The Hall–Kier alpha value is -4.25. The van der Waals surface area contributed by atoms with Gasteiger partial charge in [0, 0.05) is 15.4 Å². The lowest BCUT2D eigenvalue weighted by molar-refractivity contribution is -0.141. The second-order valence-corrected chi connectivity index (χ2v) is 15.5. The van der Waals surface area contributed by atoms with Crippen LogP contribution in [0.25, 0.3) is 0 Å². The van der Waals surface area contributed by atoms with Crippen LogP contribution in [0.2, 0.25) is 5.02 Å². The fraction of sp³-hybridized carbons (Fsp3) is 0.250. The summed E-state index contributed by atoms with van der Waals surface area (Å²) in [5.41, 5.74) is 1.74. The molecule has 6 unspecified atom stereocenters. The predicted molar refractivity (Wildman–Crippen MR) is 198 cm³/mol. The van der Waals surface area contributed by atoms with Gasteiger partial charge in [-0.05, 0) is 91.6 Å². The van der Waals surface area contributed by atoms with E-state index in [0.717, 1.165) is 11.1 Å². The normalized spacial score (nSPS) is 26.9. The molecule has 1 N–H and O–H groups in total. The van der Waals surface area contributed by atoms with Crippen LogP contribution in [-0.4, -0.2) is 40.7 Å². The maximum absolute atomic E-state index is 15.5. The van der Waals surface area contributed by atoms with Gasteiger partial charge in [0.2, 0.25) is 23.6 Å². The first kappa shape index (κ1) is 33.9. The van der Waals surface area contributed by atoms with E-state index in [9.17, 15) is 19.5 Å². The number of carbonyl (C=O) groups excluding carboxylic acids is 4. The second-order valence-electron chi connectivity index (χ2n) is 13.5. The van der Waals surface area contributed by atoms with Gasteiger partial charge in [-0.1, -0.05) is 90.0 Å². The largest absolute Gasteiger partial charge is 0.503 e. The summed E-state index contributed by atoms with van der Waals surface area (Å²) in [4.78, 5) is 61.4. The summed E-state index contributed by atoms with van der Waals surface area (Å²) in [6.07, 6.45) is 2.48. The van der Waals surface area contributed by atoms with Gasteiger partial charge in [0.15, 0.2) is 11.5 Å². The number of phenolic OH excluding ortho intramolecular Hbond substituents is 1. The lowest BCUT2D eigenvalue weighted by Gasteiger charge is -2.51. The van der Waals surface area contributed by atoms with E-state index in [4.69, 9.17) is 16.3 Å². The summed E-state index contributed by atoms with van der Waals surface area (Å²) in [5, 5.41) is 11.4. The first-order valence-corrected chi connectivity index (χ1v) is 18.6. The van der Waals surface area contributed by atoms with Gasteiger partial charge in [-0.3, -0.25) is 24.1 Å². The third-order valence-corrected chi connectivity index (χ3v) is 13.5. The Bertz CT molecular complexity index is 2160. The fourth-order valence-corrected chi connectivity index (χ4v) is 10.2. The molecule has 3 fully saturated rings. The number of phenols is 1. The van der Waals surface area contributed by atoms with Crippen LogP contribution in [0.3, 0.4) is 0 Å². The van der Waals surface area contributed by atoms with E-state index in [1.807, 2.05) is 66.7 Å². The van der Waals surface area contributed by atoms with Gasteiger partial charge in [-0.25, -0.2) is 4.90 Å². The lowest BCUT2D eigenvalue weighted by Crippen LogP contribution is -2.53. The minimum atomic E-state index is -1.48. The Kier molecular flexibility index (Phi) is 8.47. The smallest absolute Gasteiger partial charge is 0.246 e. The highest BCUT2D eigenvalue weighted by Gasteiger charge is 2.70. The summed E-state index contributed by atoms with van der Waals surface area (Å²) in [7, 11) is 1.44. The molecule has 6 atom stereocenters. The molecule has 0 spiro atoms. The van der Waals surface area contributed by atoms with Crippen molar-refractivity contribution in [2.75, 3.05) is 12.0 Å². The minimum Gasteiger partial charge on any atom is -0.503 e. The molecule has 0 bridgehead atoms. The topological polar surface area (TPSA) is 104 Å². The molecule has 4 aromatic carbocycles. The Labute approximate surface area is 316 Å². The molecule has 2 aliphatic carbocycles. The molecule has 4 amide bonds. The number of rotatable bonds is 6. The molecular weight excluding hydrogens is 800 g/mol. The number of hydrogen-bond donors (Lipinski definition) is 1. The number of benzene rings is 4. The molecule has 2 saturated heterocycles. The number of imide groups is 2. The van der Waals surface area contributed by atoms with Crippen molar-refractivity contribution in [3.8, 4) is 11.5 Å². The van der Waals surface area contributed by atoms with E-state index >= 15 is 4.79 Å². The number of allylic oxidation sites excluding steroid dienone is 2. The van der Waals surface area contributed by atoms with Gasteiger partial charge in [-0.2, -0.15) is 0 Å². The Morgan fingerprint density at radius 3 is 2.25 bits per heavy atom. The summed E-state index contributed by atoms with van der Waals surface area (Å²) in [6.45, 7) is 0.155. The molecule has 4 aliphatic rings. The molecule has 0 radical (unpaired) electrons. The van der Waals surface area contributed by atoms with Crippen molar-refractivity contribution >= 4 is 72.8 Å². The molecule has 258 valence electrons. The molecule has 1 saturated carbocycles. The van der Waals surface area contributed by atoms with E-state index in [-0.39, 0.29) is 36.3 Å². The van der Waals surface area contributed by atoms with Crippen LogP contribution in [0.1, 0.15) is 35.4 Å². The van der Waals surface area contributed by atoms with Crippen LogP contribution >= 0.6 is 43.5 Å².